The third kappa shape index (κ3) is 2.68. The van der Waals surface area contributed by atoms with Crippen LogP contribution in [0.4, 0.5) is 11.4 Å². The molecule has 0 aliphatic carbocycles. The van der Waals surface area contributed by atoms with Gasteiger partial charge in [-0.05, 0) is 38.0 Å². The van der Waals surface area contributed by atoms with Crippen molar-refractivity contribution < 1.29 is 8.42 Å². The van der Waals surface area contributed by atoms with Gasteiger partial charge in [0.05, 0.1) is 11.0 Å². The molecule has 1 atom stereocenters. The fourth-order valence-corrected chi connectivity index (χ4v) is 4.60. The monoisotopic (exact) mass is 305 g/mol. The molecule has 1 aromatic carbocycles. The topological polar surface area (TPSA) is 85.1 Å². The maximum atomic E-state index is 11.9. The number of nitrogen functional groups attached to an aromatic ring is 1. The lowest BCUT2D eigenvalue weighted by Gasteiger charge is -2.15. The van der Waals surface area contributed by atoms with E-state index >= 15 is 0 Å². The Bertz CT molecular complexity index is 787. The van der Waals surface area contributed by atoms with Crippen LogP contribution in [0.1, 0.15) is 18.5 Å². The van der Waals surface area contributed by atoms with E-state index in [1.807, 2.05) is 25.1 Å². The van der Waals surface area contributed by atoms with Crippen molar-refractivity contribution in [2.75, 3.05) is 23.3 Å². The van der Waals surface area contributed by atoms with Gasteiger partial charge in [0.15, 0.2) is 9.84 Å². The lowest BCUT2D eigenvalue weighted by molar-refractivity contribution is 0.591. The highest BCUT2D eigenvalue weighted by molar-refractivity contribution is 7.92. The number of rotatable bonds is 3. The highest BCUT2D eigenvalue weighted by atomic mass is 32.2. The molecule has 1 aliphatic heterocycles. The molecule has 0 bridgehead atoms. The van der Waals surface area contributed by atoms with Crippen molar-refractivity contribution in [3.05, 3.63) is 30.1 Å². The Kier molecular flexibility index (Phi) is 3.49. The molecule has 2 aromatic rings. The maximum absolute atomic E-state index is 11.9. The van der Waals surface area contributed by atoms with Crippen molar-refractivity contribution in [1.29, 1.82) is 0 Å². The molecular weight excluding hydrogens is 286 g/mol. The second kappa shape index (κ2) is 5.18. The van der Waals surface area contributed by atoms with Crippen LogP contribution in [0.25, 0.3) is 10.8 Å². The largest absolute Gasteiger partial charge is 0.398 e. The molecule has 1 aromatic heterocycles. The number of nitrogens with two attached hydrogens (primary N) is 1. The summed E-state index contributed by atoms with van der Waals surface area (Å²) in [6, 6.07) is 5.70. The first kappa shape index (κ1) is 14.1. The molecule has 1 fully saturated rings. The molecule has 2 heterocycles. The molecule has 5 nitrogen and oxygen atoms in total. The van der Waals surface area contributed by atoms with Gasteiger partial charge in [-0.2, -0.15) is 0 Å². The summed E-state index contributed by atoms with van der Waals surface area (Å²) in [6.07, 6.45) is 3.26. The van der Waals surface area contributed by atoms with Gasteiger partial charge in [-0.1, -0.05) is 0 Å². The van der Waals surface area contributed by atoms with E-state index in [4.69, 9.17) is 5.73 Å². The first-order valence-corrected chi connectivity index (χ1v) is 8.79. The predicted molar refractivity (Wildman–Crippen MR) is 86.2 cm³/mol. The fourth-order valence-electron chi connectivity index (χ4n) is 2.83. The molecule has 6 heteroatoms. The van der Waals surface area contributed by atoms with Gasteiger partial charge in [0.2, 0.25) is 0 Å². The number of nitrogens with zero attached hydrogens (tertiary/aromatic N) is 1. The zero-order chi connectivity index (χ0) is 15.0. The van der Waals surface area contributed by atoms with Gasteiger partial charge in [-0.15, -0.1) is 0 Å². The second-order valence-electron chi connectivity index (χ2n) is 5.59. The van der Waals surface area contributed by atoms with Crippen molar-refractivity contribution in [2.45, 2.75) is 25.0 Å². The van der Waals surface area contributed by atoms with Crippen LogP contribution >= 0.6 is 0 Å². The summed E-state index contributed by atoms with van der Waals surface area (Å²) in [5.74, 6) is 0.310. The summed E-state index contributed by atoms with van der Waals surface area (Å²) >= 11 is 0. The summed E-state index contributed by atoms with van der Waals surface area (Å²) in [5.41, 5.74) is 8.47. The van der Waals surface area contributed by atoms with Crippen molar-refractivity contribution in [3.8, 4) is 0 Å². The molecule has 0 amide bonds. The van der Waals surface area contributed by atoms with Crippen LogP contribution < -0.4 is 11.1 Å². The Hall–Kier alpha value is -1.82. The minimum atomic E-state index is -2.93. The number of nitrogens with one attached hydrogen (secondary N) is 1. The molecule has 1 aliphatic rings. The number of sulfone groups is 1. The van der Waals surface area contributed by atoms with E-state index in [1.54, 1.807) is 6.20 Å². The van der Waals surface area contributed by atoms with Crippen molar-refractivity contribution >= 4 is 32.0 Å². The minimum Gasteiger partial charge on any atom is -0.398 e. The Morgan fingerprint density at radius 1 is 1.38 bits per heavy atom. The Morgan fingerprint density at radius 2 is 2.19 bits per heavy atom. The van der Waals surface area contributed by atoms with E-state index < -0.39 is 9.84 Å². The summed E-state index contributed by atoms with van der Waals surface area (Å²) in [4.78, 5) is 4.27. The van der Waals surface area contributed by atoms with E-state index in [2.05, 4.69) is 10.3 Å². The van der Waals surface area contributed by atoms with Gasteiger partial charge in [0.1, 0.15) is 0 Å². The molecule has 3 N–H and O–H groups in total. The standard InChI is InChI=1S/C15H19N3O2S/c1-10-7-12-13(9-17-10)14(16)4-5-15(12)18-8-11-3-2-6-21(11,19)20/h4-5,7,9,11,18H,2-3,6,8,16H2,1H3. The van der Waals surface area contributed by atoms with Gasteiger partial charge < -0.3 is 11.1 Å². The average molecular weight is 305 g/mol. The number of pyridine rings is 1. The first-order valence-electron chi connectivity index (χ1n) is 7.07. The Labute approximate surface area is 124 Å². The average Bonchev–Trinajstić information content (AvgIpc) is 2.77. The number of hydrogen-bond donors (Lipinski definition) is 2. The number of anilines is 2. The zero-order valence-electron chi connectivity index (χ0n) is 12.0. The van der Waals surface area contributed by atoms with Gasteiger partial charge in [-0.3, -0.25) is 4.98 Å². The second-order valence-corrected chi connectivity index (χ2v) is 7.99. The number of benzene rings is 1. The maximum Gasteiger partial charge on any atom is 0.154 e. The highest BCUT2D eigenvalue weighted by Gasteiger charge is 2.30. The molecule has 1 saturated heterocycles. The molecule has 1 unspecified atom stereocenters. The van der Waals surface area contributed by atoms with Crippen molar-refractivity contribution in [2.24, 2.45) is 0 Å². The first-order chi connectivity index (χ1) is 9.97. The molecular formula is C15H19N3O2S. The SMILES string of the molecule is Cc1cc2c(NCC3CCCS3(=O)=O)ccc(N)c2cn1. The highest BCUT2D eigenvalue weighted by Crippen LogP contribution is 2.29. The molecule has 3 rings (SSSR count). The van der Waals surface area contributed by atoms with Crippen LogP contribution in [0.5, 0.6) is 0 Å². The lowest BCUT2D eigenvalue weighted by Crippen LogP contribution is -2.25. The molecule has 0 radical (unpaired) electrons. The normalized spacial score (nSPS) is 20.7. The van der Waals surface area contributed by atoms with Crippen LogP contribution in [0.3, 0.4) is 0 Å². The van der Waals surface area contributed by atoms with E-state index in [0.29, 0.717) is 18.0 Å². The van der Waals surface area contributed by atoms with Crippen molar-refractivity contribution in [3.63, 3.8) is 0 Å². The van der Waals surface area contributed by atoms with E-state index in [-0.39, 0.29) is 5.25 Å². The molecule has 0 saturated carbocycles. The molecule has 0 spiro atoms. The minimum absolute atomic E-state index is 0.284. The third-order valence-corrected chi connectivity index (χ3v) is 6.33. The van der Waals surface area contributed by atoms with E-state index in [1.165, 1.54) is 0 Å². The Balaban J connectivity index is 1.91. The molecule has 112 valence electrons. The molecule has 21 heavy (non-hydrogen) atoms. The third-order valence-electron chi connectivity index (χ3n) is 4.05. The van der Waals surface area contributed by atoms with Gasteiger partial charge in [-0.25, -0.2) is 8.42 Å². The van der Waals surface area contributed by atoms with Crippen LogP contribution in [0.2, 0.25) is 0 Å². The van der Waals surface area contributed by atoms with E-state index in [0.717, 1.165) is 35.0 Å². The number of aromatic nitrogens is 1. The van der Waals surface area contributed by atoms with Gasteiger partial charge >= 0.3 is 0 Å². The van der Waals surface area contributed by atoms with Crippen LogP contribution in [0, 0.1) is 6.92 Å². The summed E-state index contributed by atoms with van der Waals surface area (Å²) in [5, 5.41) is 4.87. The number of hydrogen-bond acceptors (Lipinski definition) is 5. The fraction of sp³-hybridized carbons (Fsp3) is 0.400. The lowest BCUT2D eigenvalue weighted by atomic mass is 10.1. The van der Waals surface area contributed by atoms with E-state index in [9.17, 15) is 8.42 Å². The summed E-state index contributed by atoms with van der Waals surface area (Å²) in [6.45, 7) is 2.37. The van der Waals surface area contributed by atoms with Gasteiger partial charge in [0, 0.05) is 40.6 Å². The van der Waals surface area contributed by atoms with Crippen LogP contribution in [-0.4, -0.2) is 30.9 Å². The van der Waals surface area contributed by atoms with Crippen LogP contribution in [-0.2, 0) is 9.84 Å². The summed E-state index contributed by atoms with van der Waals surface area (Å²) in [7, 11) is -2.93. The van der Waals surface area contributed by atoms with Crippen LogP contribution in [0.15, 0.2) is 24.4 Å². The van der Waals surface area contributed by atoms with Crippen molar-refractivity contribution in [1.82, 2.24) is 4.98 Å². The number of aryl methyl sites for hydroxylation is 1. The Morgan fingerprint density at radius 3 is 2.90 bits per heavy atom. The predicted octanol–water partition coefficient (Wildman–Crippen LogP) is 2.11. The summed E-state index contributed by atoms with van der Waals surface area (Å²) < 4.78 is 23.8. The smallest absolute Gasteiger partial charge is 0.154 e. The quantitative estimate of drug-likeness (QED) is 0.848. The zero-order valence-corrected chi connectivity index (χ0v) is 12.8. The number of fused-ring (bicyclic) bond motifs is 1. The van der Waals surface area contributed by atoms with Gasteiger partial charge in [0.25, 0.3) is 0 Å².